The third kappa shape index (κ3) is 4.60. The van der Waals surface area contributed by atoms with E-state index in [0.29, 0.717) is 17.4 Å². The van der Waals surface area contributed by atoms with Gasteiger partial charge in [-0.2, -0.15) is 0 Å². The molecule has 2 nitrogen and oxygen atoms in total. The summed E-state index contributed by atoms with van der Waals surface area (Å²) in [5, 5.41) is 3.76. The monoisotopic (exact) mass is 274 g/mol. The summed E-state index contributed by atoms with van der Waals surface area (Å²) in [4.78, 5) is 2.47. The Balaban J connectivity index is 2.01. The van der Waals surface area contributed by atoms with E-state index in [4.69, 9.17) is 0 Å². The summed E-state index contributed by atoms with van der Waals surface area (Å²) in [7, 11) is 2.24. The maximum atomic E-state index is 3.76. The zero-order valence-electron chi connectivity index (χ0n) is 13.7. The van der Waals surface area contributed by atoms with Crippen molar-refractivity contribution in [1.82, 2.24) is 10.2 Å². The predicted octanol–water partition coefficient (Wildman–Crippen LogP) is 3.42. The minimum Gasteiger partial charge on any atom is -0.312 e. The van der Waals surface area contributed by atoms with Gasteiger partial charge >= 0.3 is 0 Å². The maximum Gasteiger partial charge on any atom is 0.0201 e. The molecule has 0 saturated carbocycles. The zero-order valence-corrected chi connectivity index (χ0v) is 13.7. The Morgan fingerprint density at radius 1 is 1.25 bits per heavy atom. The van der Waals surface area contributed by atoms with Gasteiger partial charge in [-0.1, -0.05) is 50.6 Å². The van der Waals surface area contributed by atoms with Crippen molar-refractivity contribution in [2.45, 2.75) is 46.1 Å². The summed E-state index contributed by atoms with van der Waals surface area (Å²) < 4.78 is 0. The van der Waals surface area contributed by atoms with Crippen LogP contribution in [-0.2, 0) is 0 Å². The summed E-state index contributed by atoms with van der Waals surface area (Å²) in [6, 6.07) is 9.63. The zero-order chi connectivity index (χ0) is 14.8. The molecule has 1 aromatic carbocycles. The Hall–Kier alpha value is -0.860. The number of hydrogen-bond donors (Lipinski definition) is 1. The van der Waals surface area contributed by atoms with Crippen LogP contribution in [0.3, 0.4) is 0 Å². The van der Waals surface area contributed by atoms with Gasteiger partial charge in [-0.15, -0.1) is 0 Å². The lowest BCUT2D eigenvalue weighted by atomic mass is 9.87. The van der Waals surface area contributed by atoms with Crippen molar-refractivity contribution in [2.75, 3.05) is 26.7 Å². The average molecular weight is 274 g/mol. The van der Waals surface area contributed by atoms with E-state index in [1.807, 2.05) is 0 Å². The van der Waals surface area contributed by atoms with Crippen LogP contribution in [0.15, 0.2) is 24.3 Å². The number of benzene rings is 1. The molecule has 1 saturated heterocycles. The van der Waals surface area contributed by atoms with Crippen molar-refractivity contribution >= 4 is 0 Å². The summed E-state index contributed by atoms with van der Waals surface area (Å²) >= 11 is 0. The third-order valence-electron chi connectivity index (χ3n) is 4.07. The van der Waals surface area contributed by atoms with E-state index in [1.165, 1.54) is 30.6 Å². The summed E-state index contributed by atoms with van der Waals surface area (Å²) in [5.41, 5.74) is 3.23. The van der Waals surface area contributed by atoms with E-state index in [0.717, 1.165) is 6.54 Å². The lowest BCUT2D eigenvalue weighted by Gasteiger charge is -2.37. The number of hydrogen-bond acceptors (Lipinski definition) is 2. The van der Waals surface area contributed by atoms with Crippen LogP contribution in [0.5, 0.6) is 0 Å². The van der Waals surface area contributed by atoms with Crippen LogP contribution in [0.25, 0.3) is 0 Å². The van der Waals surface area contributed by atoms with Crippen LogP contribution in [0.1, 0.15) is 44.2 Å². The first kappa shape index (κ1) is 15.5. The molecule has 1 aliphatic rings. The molecule has 0 spiro atoms. The second-order valence-electron chi connectivity index (χ2n) is 7.71. The largest absolute Gasteiger partial charge is 0.312 e. The smallest absolute Gasteiger partial charge is 0.0201 e. The van der Waals surface area contributed by atoms with Gasteiger partial charge in [0.05, 0.1) is 0 Å². The van der Waals surface area contributed by atoms with E-state index in [-0.39, 0.29) is 0 Å². The minimum absolute atomic E-state index is 0.356. The lowest BCUT2D eigenvalue weighted by Crippen LogP contribution is -2.48. The van der Waals surface area contributed by atoms with Gasteiger partial charge in [-0.3, -0.25) is 0 Å². The van der Waals surface area contributed by atoms with Crippen molar-refractivity contribution in [3.05, 3.63) is 35.4 Å². The van der Waals surface area contributed by atoms with E-state index in [9.17, 15) is 0 Å². The molecule has 0 aliphatic carbocycles. The molecule has 2 atom stereocenters. The van der Waals surface area contributed by atoms with Crippen LogP contribution in [-0.4, -0.2) is 37.6 Å². The van der Waals surface area contributed by atoms with Crippen LogP contribution in [0, 0.1) is 12.3 Å². The minimum atomic E-state index is 0.356. The van der Waals surface area contributed by atoms with Crippen LogP contribution in [0.2, 0.25) is 0 Å². The first-order chi connectivity index (χ1) is 9.33. The molecular weight excluding hydrogens is 244 g/mol. The number of likely N-dealkylation sites (N-methyl/N-ethyl adjacent to an activating group) is 1. The summed E-state index contributed by atoms with van der Waals surface area (Å²) in [6.07, 6.45) is 1.25. The maximum absolute atomic E-state index is 3.76. The highest BCUT2D eigenvalue weighted by atomic mass is 15.1. The quantitative estimate of drug-likeness (QED) is 0.908. The molecule has 1 fully saturated rings. The topological polar surface area (TPSA) is 15.3 Å². The molecule has 0 amide bonds. The molecule has 0 radical (unpaired) electrons. The van der Waals surface area contributed by atoms with Crippen molar-refractivity contribution < 1.29 is 0 Å². The molecule has 1 N–H and O–H groups in total. The average Bonchev–Trinajstić information content (AvgIpc) is 2.35. The molecule has 112 valence electrons. The molecule has 0 bridgehead atoms. The van der Waals surface area contributed by atoms with E-state index in [1.54, 1.807) is 0 Å². The molecular formula is C18H30N2. The standard InChI is InChI=1S/C18H30N2/c1-14-7-6-8-15(9-14)16-10-17(12-20(5)11-16)19-13-18(2,3)4/h6-9,16-17,19H,10-13H2,1-5H3. The van der Waals surface area contributed by atoms with Gasteiger partial charge in [0.25, 0.3) is 0 Å². The van der Waals surface area contributed by atoms with E-state index >= 15 is 0 Å². The molecule has 2 heteroatoms. The Kier molecular flexibility index (Phi) is 4.87. The summed E-state index contributed by atoms with van der Waals surface area (Å²) in [6.45, 7) is 12.5. The van der Waals surface area contributed by atoms with E-state index < -0.39 is 0 Å². The molecule has 1 aromatic rings. The highest BCUT2D eigenvalue weighted by Crippen LogP contribution is 2.27. The fourth-order valence-electron chi connectivity index (χ4n) is 3.08. The second kappa shape index (κ2) is 6.28. The van der Waals surface area contributed by atoms with Crippen molar-refractivity contribution in [3.63, 3.8) is 0 Å². The predicted molar refractivity (Wildman–Crippen MR) is 87.3 cm³/mol. The molecule has 20 heavy (non-hydrogen) atoms. The number of rotatable bonds is 3. The van der Waals surface area contributed by atoms with Crippen molar-refractivity contribution in [3.8, 4) is 0 Å². The first-order valence-corrected chi connectivity index (χ1v) is 7.82. The van der Waals surface area contributed by atoms with Gasteiger partial charge in [0.1, 0.15) is 0 Å². The highest BCUT2D eigenvalue weighted by Gasteiger charge is 2.27. The molecule has 1 aliphatic heterocycles. The van der Waals surface area contributed by atoms with Crippen LogP contribution in [0.4, 0.5) is 0 Å². The van der Waals surface area contributed by atoms with Crippen molar-refractivity contribution in [2.24, 2.45) is 5.41 Å². The molecule has 2 rings (SSSR count). The van der Waals surface area contributed by atoms with Gasteiger partial charge < -0.3 is 10.2 Å². The van der Waals surface area contributed by atoms with Gasteiger partial charge in [-0.25, -0.2) is 0 Å². The van der Waals surface area contributed by atoms with Gasteiger partial charge in [0.2, 0.25) is 0 Å². The number of nitrogens with one attached hydrogen (secondary N) is 1. The van der Waals surface area contributed by atoms with Crippen LogP contribution >= 0.6 is 0 Å². The fourth-order valence-corrected chi connectivity index (χ4v) is 3.08. The third-order valence-corrected chi connectivity index (χ3v) is 4.07. The van der Waals surface area contributed by atoms with Crippen molar-refractivity contribution in [1.29, 1.82) is 0 Å². The fraction of sp³-hybridized carbons (Fsp3) is 0.667. The number of aryl methyl sites for hydroxylation is 1. The SMILES string of the molecule is Cc1cccc(C2CC(NCC(C)(C)C)CN(C)C2)c1. The second-order valence-corrected chi connectivity index (χ2v) is 7.71. The Bertz CT molecular complexity index is 433. The van der Waals surface area contributed by atoms with Gasteiger partial charge in [0, 0.05) is 25.7 Å². The Morgan fingerprint density at radius 2 is 2.00 bits per heavy atom. The lowest BCUT2D eigenvalue weighted by molar-refractivity contribution is 0.193. The highest BCUT2D eigenvalue weighted by molar-refractivity contribution is 5.26. The van der Waals surface area contributed by atoms with Crippen LogP contribution < -0.4 is 5.32 Å². The summed E-state index contributed by atoms with van der Waals surface area (Å²) in [5.74, 6) is 0.658. The van der Waals surface area contributed by atoms with Gasteiger partial charge in [-0.05, 0) is 37.3 Å². The van der Waals surface area contributed by atoms with E-state index in [2.05, 4.69) is 69.2 Å². The Labute approximate surface area is 124 Å². The number of piperidine rings is 1. The first-order valence-electron chi connectivity index (χ1n) is 7.82. The molecule has 2 unspecified atom stereocenters. The van der Waals surface area contributed by atoms with Gasteiger partial charge in [0.15, 0.2) is 0 Å². The molecule has 0 aromatic heterocycles. The molecule has 1 heterocycles. The number of likely N-dealkylation sites (tertiary alicyclic amines) is 1. The normalized spacial score (nSPS) is 24.9. The Morgan fingerprint density at radius 3 is 2.65 bits per heavy atom. The number of nitrogens with zero attached hydrogens (tertiary/aromatic N) is 1.